The summed E-state index contributed by atoms with van der Waals surface area (Å²) in [4.78, 5) is 51.0. The number of carbonyl (C=O) groups excluding carboxylic acids is 4. The summed E-state index contributed by atoms with van der Waals surface area (Å²) < 4.78 is 16.9. The van der Waals surface area contributed by atoms with Crippen molar-refractivity contribution < 1.29 is 33.4 Å². The van der Waals surface area contributed by atoms with E-state index in [1.165, 1.54) is 44.6 Å². The summed E-state index contributed by atoms with van der Waals surface area (Å²) in [6.07, 6.45) is 1.36. The van der Waals surface area contributed by atoms with Crippen LogP contribution in [-0.2, 0) is 20.9 Å². The number of hydrogen-bond donors (Lipinski definition) is 1. The predicted octanol–water partition coefficient (Wildman–Crippen LogP) is 4.49. The number of urea groups is 1. The molecule has 0 radical (unpaired) electrons. The third-order valence-corrected chi connectivity index (χ3v) is 6.28. The number of hydrogen-bond acceptors (Lipinski definition) is 7. The zero-order chi connectivity index (χ0) is 26.5. The Bertz CT molecular complexity index is 1420. The topological polar surface area (TPSA) is 111 Å². The number of nitrogens with zero attached hydrogens (tertiary/aromatic N) is 1. The van der Waals surface area contributed by atoms with Crippen LogP contribution in [0.1, 0.15) is 21.5 Å². The first-order valence-electron chi connectivity index (χ1n) is 11.0. The van der Waals surface area contributed by atoms with Gasteiger partial charge in [0.2, 0.25) is 0 Å². The Morgan fingerprint density at radius 2 is 1.73 bits per heavy atom. The van der Waals surface area contributed by atoms with E-state index >= 15 is 0 Å². The lowest BCUT2D eigenvalue weighted by Crippen LogP contribution is -2.54. The molecule has 3 aromatic rings. The molecule has 0 aromatic heterocycles. The summed E-state index contributed by atoms with van der Waals surface area (Å²) in [5.74, 6) is -1.34. The van der Waals surface area contributed by atoms with Crippen LogP contribution in [0.3, 0.4) is 0 Å². The van der Waals surface area contributed by atoms with Crippen molar-refractivity contribution in [2.75, 3.05) is 19.1 Å². The van der Waals surface area contributed by atoms with E-state index in [4.69, 9.17) is 9.47 Å². The molecule has 1 heterocycles. The van der Waals surface area contributed by atoms with Crippen LogP contribution in [-0.4, -0.2) is 38.0 Å². The third kappa shape index (κ3) is 5.54. The van der Waals surface area contributed by atoms with Crippen LogP contribution < -0.4 is 19.7 Å². The maximum atomic E-state index is 13.3. The van der Waals surface area contributed by atoms with Gasteiger partial charge in [-0.2, -0.15) is 0 Å². The van der Waals surface area contributed by atoms with E-state index in [2.05, 4.69) is 26.0 Å². The fourth-order valence-corrected chi connectivity index (χ4v) is 3.97. The Morgan fingerprint density at radius 1 is 1.00 bits per heavy atom. The van der Waals surface area contributed by atoms with E-state index in [0.29, 0.717) is 17.1 Å². The standard InChI is InChI=1S/C27H21BrN2O7/c1-35-20-12-9-17(23(14-20)37-15-18-5-3-4-6-22(18)28)13-21-24(31)29-27(34)30(25(21)32)19-10-7-16(8-11-19)26(33)36-2/h3-14H,15H2,1-2H3,(H,29,31,34)/b21-13+. The van der Waals surface area contributed by atoms with Gasteiger partial charge in [-0.3, -0.25) is 14.9 Å². The van der Waals surface area contributed by atoms with E-state index in [1.807, 2.05) is 24.3 Å². The molecule has 0 spiro atoms. The van der Waals surface area contributed by atoms with Crippen LogP contribution in [0.2, 0.25) is 0 Å². The number of ether oxygens (including phenoxy) is 3. The highest BCUT2D eigenvalue weighted by molar-refractivity contribution is 9.10. The molecule has 0 atom stereocenters. The fraction of sp³-hybridized carbons (Fsp3) is 0.111. The summed E-state index contributed by atoms with van der Waals surface area (Å²) >= 11 is 3.49. The summed E-state index contributed by atoms with van der Waals surface area (Å²) in [6.45, 7) is 0.210. The molecule has 0 unspecified atom stereocenters. The molecule has 188 valence electrons. The number of halogens is 1. The van der Waals surface area contributed by atoms with Gasteiger partial charge in [-0.25, -0.2) is 14.5 Å². The van der Waals surface area contributed by atoms with Crippen LogP contribution in [0.15, 0.2) is 76.8 Å². The Balaban J connectivity index is 1.67. The number of anilines is 1. The molecule has 1 N–H and O–H groups in total. The van der Waals surface area contributed by atoms with Crippen LogP contribution in [0.25, 0.3) is 6.08 Å². The average molecular weight is 565 g/mol. The quantitative estimate of drug-likeness (QED) is 0.255. The number of barbiturate groups is 1. The second-order valence-electron chi connectivity index (χ2n) is 7.78. The Hall–Kier alpha value is -4.44. The van der Waals surface area contributed by atoms with Crippen LogP contribution >= 0.6 is 15.9 Å². The monoisotopic (exact) mass is 564 g/mol. The minimum absolute atomic E-state index is 0.175. The van der Waals surface area contributed by atoms with Gasteiger partial charge in [0.1, 0.15) is 23.7 Å². The van der Waals surface area contributed by atoms with Crippen molar-refractivity contribution in [2.24, 2.45) is 0 Å². The molecule has 0 aliphatic carbocycles. The molecule has 10 heteroatoms. The van der Waals surface area contributed by atoms with Crippen molar-refractivity contribution in [3.63, 3.8) is 0 Å². The Labute approximate surface area is 220 Å². The van der Waals surface area contributed by atoms with Gasteiger partial charge < -0.3 is 14.2 Å². The number of amides is 4. The summed E-state index contributed by atoms with van der Waals surface area (Å²) in [5.41, 5.74) is 1.47. The molecule has 3 aromatic carbocycles. The van der Waals surface area contributed by atoms with Gasteiger partial charge in [0.05, 0.1) is 25.5 Å². The second kappa shape index (κ2) is 11.1. The molecular weight excluding hydrogens is 544 g/mol. The van der Waals surface area contributed by atoms with Gasteiger partial charge in [0.15, 0.2) is 0 Å². The normalized spacial score (nSPS) is 14.4. The summed E-state index contributed by atoms with van der Waals surface area (Å²) in [7, 11) is 2.76. The maximum Gasteiger partial charge on any atom is 0.337 e. The van der Waals surface area contributed by atoms with Gasteiger partial charge in [0, 0.05) is 21.7 Å². The smallest absolute Gasteiger partial charge is 0.337 e. The van der Waals surface area contributed by atoms with E-state index in [0.717, 1.165) is 14.9 Å². The number of esters is 1. The molecule has 1 fully saturated rings. The molecule has 0 saturated carbocycles. The third-order valence-electron chi connectivity index (χ3n) is 5.51. The zero-order valence-corrected chi connectivity index (χ0v) is 21.4. The lowest BCUT2D eigenvalue weighted by Gasteiger charge is -2.26. The first-order valence-corrected chi connectivity index (χ1v) is 11.8. The molecular formula is C27H21BrN2O7. The van der Waals surface area contributed by atoms with Gasteiger partial charge >= 0.3 is 12.0 Å². The number of carbonyl (C=O) groups is 4. The van der Waals surface area contributed by atoms with Gasteiger partial charge in [-0.15, -0.1) is 0 Å². The maximum absolute atomic E-state index is 13.3. The first kappa shape index (κ1) is 25.6. The SMILES string of the molecule is COC(=O)c1ccc(N2C(=O)NC(=O)/C(=C\c3ccc(OC)cc3OCc3ccccc3Br)C2=O)cc1. The van der Waals surface area contributed by atoms with Crippen LogP contribution in [0.5, 0.6) is 11.5 Å². The number of imide groups is 2. The highest BCUT2D eigenvalue weighted by atomic mass is 79.9. The van der Waals surface area contributed by atoms with Crippen LogP contribution in [0.4, 0.5) is 10.5 Å². The summed E-state index contributed by atoms with van der Waals surface area (Å²) in [5, 5.41) is 2.18. The number of methoxy groups -OCH3 is 2. The van der Waals surface area contributed by atoms with Crippen molar-refractivity contribution >= 4 is 51.5 Å². The fourth-order valence-electron chi connectivity index (χ4n) is 3.57. The van der Waals surface area contributed by atoms with E-state index in [-0.39, 0.29) is 23.4 Å². The summed E-state index contributed by atoms with van der Waals surface area (Å²) in [6, 6.07) is 17.3. The highest BCUT2D eigenvalue weighted by Gasteiger charge is 2.37. The second-order valence-corrected chi connectivity index (χ2v) is 8.63. The Kier molecular flexibility index (Phi) is 7.69. The Morgan fingerprint density at radius 3 is 2.41 bits per heavy atom. The molecule has 1 aliphatic heterocycles. The van der Waals surface area contributed by atoms with Crippen molar-refractivity contribution in [3.8, 4) is 11.5 Å². The lowest BCUT2D eigenvalue weighted by atomic mass is 10.1. The molecule has 4 amide bonds. The minimum Gasteiger partial charge on any atom is -0.497 e. The van der Waals surface area contributed by atoms with Crippen molar-refractivity contribution in [1.82, 2.24) is 5.32 Å². The van der Waals surface area contributed by atoms with Crippen molar-refractivity contribution in [2.45, 2.75) is 6.61 Å². The number of rotatable bonds is 7. The molecule has 1 saturated heterocycles. The van der Waals surface area contributed by atoms with Crippen LogP contribution in [0, 0.1) is 0 Å². The zero-order valence-electron chi connectivity index (χ0n) is 19.8. The van der Waals surface area contributed by atoms with Gasteiger partial charge in [0.25, 0.3) is 11.8 Å². The van der Waals surface area contributed by atoms with Crippen molar-refractivity contribution in [1.29, 1.82) is 0 Å². The average Bonchev–Trinajstić information content (AvgIpc) is 2.90. The highest BCUT2D eigenvalue weighted by Crippen LogP contribution is 2.30. The lowest BCUT2D eigenvalue weighted by molar-refractivity contribution is -0.122. The van der Waals surface area contributed by atoms with E-state index < -0.39 is 23.8 Å². The molecule has 37 heavy (non-hydrogen) atoms. The number of benzene rings is 3. The van der Waals surface area contributed by atoms with E-state index in [1.54, 1.807) is 18.2 Å². The molecule has 9 nitrogen and oxygen atoms in total. The molecule has 1 aliphatic rings. The predicted molar refractivity (Wildman–Crippen MR) is 138 cm³/mol. The molecule has 4 rings (SSSR count). The van der Waals surface area contributed by atoms with Gasteiger partial charge in [-0.1, -0.05) is 34.1 Å². The van der Waals surface area contributed by atoms with Gasteiger partial charge in [-0.05, 0) is 48.5 Å². The minimum atomic E-state index is -0.905. The largest absolute Gasteiger partial charge is 0.497 e. The van der Waals surface area contributed by atoms with E-state index in [9.17, 15) is 19.2 Å². The van der Waals surface area contributed by atoms with Crippen molar-refractivity contribution in [3.05, 3.63) is 93.5 Å². The molecule has 0 bridgehead atoms. The first-order chi connectivity index (χ1) is 17.8. The number of nitrogens with one attached hydrogen (secondary N) is 1.